The summed E-state index contributed by atoms with van der Waals surface area (Å²) in [4.78, 5) is 11.2. The molecule has 0 fully saturated rings. The molecular weight excluding hydrogens is 348 g/mol. The summed E-state index contributed by atoms with van der Waals surface area (Å²) in [7, 11) is 0. The summed E-state index contributed by atoms with van der Waals surface area (Å²) in [5.41, 5.74) is 10.8. The van der Waals surface area contributed by atoms with Crippen molar-refractivity contribution in [1.29, 1.82) is 0 Å². The van der Waals surface area contributed by atoms with E-state index in [-0.39, 0.29) is 0 Å². The molecule has 3 aromatic carbocycles. The van der Waals surface area contributed by atoms with E-state index in [1.807, 2.05) is 36.4 Å². The van der Waals surface area contributed by atoms with Crippen molar-refractivity contribution in [3.05, 3.63) is 89.5 Å². The first-order chi connectivity index (χ1) is 13.7. The lowest BCUT2D eigenvalue weighted by Crippen LogP contribution is -2.33. The maximum absolute atomic E-state index is 11.2. The van der Waals surface area contributed by atoms with Gasteiger partial charge in [-0.1, -0.05) is 48.5 Å². The van der Waals surface area contributed by atoms with Crippen molar-refractivity contribution in [3.63, 3.8) is 0 Å². The predicted octanol–water partition coefficient (Wildman–Crippen LogP) is 3.59. The zero-order valence-corrected chi connectivity index (χ0v) is 15.7. The first-order valence-electron chi connectivity index (χ1n) is 9.62. The summed E-state index contributed by atoms with van der Waals surface area (Å²) in [5, 5.41) is 3.59. The Morgan fingerprint density at radius 2 is 1.64 bits per heavy atom. The van der Waals surface area contributed by atoms with Gasteiger partial charge in [0, 0.05) is 18.2 Å². The molecule has 0 radical (unpaired) electrons. The molecule has 142 valence electrons. The highest BCUT2D eigenvalue weighted by Crippen LogP contribution is 2.24. The summed E-state index contributed by atoms with van der Waals surface area (Å²) >= 11 is 0. The first kappa shape index (κ1) is 18.3. The number of benzene rings is 3. The van der Waals surface area contributed by atoms with Gasteiger partial charge in [-0.15, -0.1) is 0 Å². The van der Waals surface area contributed by atoms with E-state index in [0.717, 1.165) is 36.3 Å². The monoisotopic (exact) mass is 372 g/mol. The van der Waals surface area contributed by atoms with Crippen LogP contribution in [-0.2, 0) is 12.8 Å². The van der Waals surface area contributed by atoms with Crippen LogP contribution < -0.4 is 15.8 Å². The van der Waals surface area contributed by atoms with Crippen LogP contribution in [0.5, 0.6) is 5.75 Å². The molecule has 3 N–H and O–H groups in total. The molecule has 4 nitrogen and oxygen atoms in total. The van der Waals surface area contributed by atoms with E-state index in [2.05, 4.69) is 29.6 Å². The third-order valence-electron chi connectivity index (χ3n) is 5.19. The normalized spacial score (nSPS) is 13.3. The lowest BCUT2D eigenvalue weighted by Gasteiger charge is -2.13. The largest absolute Gasteiger partial charge is 0.492 e. The van der Waals surface area contributed by atoms with Crippen LogP contribution in [-0.4, -0.2) is 25.1 Å². The van der Waals surface area contributed by atoms with Gasteiger partial charge >= 0.3 is 0 Å². The van der Waals surface area contributed by atoms with Crippen LogP contribution in [0.1, 0.15) is 21.5 Å². The number of hydrogen-bond donors (Lipinski definition) is 2. The fourth-order valence-corrected chi connectivity index (χ4v) is 3.73. The van der Waals surface area contributed by atoms with Crippen molar-refractivity contribution in [2.45, 2.75) is 18.9 Å². The second kappa shape index (κ2) is 8.28. The second-order valence-electron chi connectivity index (χ2n) is 7.15. The highest BCUT2D eigenvalue weighted by atomic mass is 16.5. The van der Waals surface area contributed by atoms with E-state index in [1.165, 1.54) is 11.1 Å². The van der Waals surface area contributed by atoms with Gasteiger partial charge in [-0.2, -0.15) is 0 Å². The fourth-order valence-electron chi connectivity index (χ4n) is 3.73. The molecular formula is C24H24N2O2. The highest BCUT2D eigenvalue weighted by molar-refractivity contribution is 5.93. The minimum Gasteiger partial charge on any atom is -0.492 e. The molecule has 1 aliphatic carbocycles. The molecule has 0 aliphatic heterocycles. The topological polar surface area (TPSA) is 64.4 Å². The van der Waals surface area contributed by atoms with Gasteiger partial charge in [0.2, 0.25) is 5.91 Å². The van der Waals surface area contributed by atoms with Gasteiger partial charge in [-0.25, -0.2) is 0 Å². The van der Waals surface area contributed by atoms with Crippen LogP contribution in [0.3, 0.4) is 0 Å². The van der Waals surface area contributed by atoms with E-state index < -0.39 is 5.91 Å². The van der Waals surface area contributed by atoms with E-state index in [1.54, 1.807) is 12.1 Å². The van der Waals surface area contributed by atoms with Crippen molar-refractivity contribution >= 4 is 5.91 Å². The number of amides is 1. The molecule has 0 saturated heterocycles. The molecule has 4 rings (SSSR count). The molecule has 0 atom stereocenters. The molecule has 0 aromatic heterocycles. The van der Waals surface area contributed by atoms with E-state index in [4.69, 9.17) is 10.5 Å². The van der Waals surface area contributed by atoms with Gasteiger partial charge in [0.15, 0.2) is 0 Å². The number of carbonyl (C=O) groups excluding carboxylic acids is 1. The Morgan fingerprint density at radius 1 is 0.929 bits per heavy atom. The van der Waals surface area contributed by atoms with Crippen LogP contribution in [0.25, 0.3) is 11.1 Å². The minimum absolute atomic E-state index is 0.415. The van der Waals surface area contributed by atoms with E-state index in [9.17, 15) is 4.79 Å². The Labute approximate surface area is 165 Å². The highest BCUT2D eigenvalue weighted by Gasteiger charge is 2.19. The van der Waals surface area contributed by atoms with Crippen LogP contribution in [0.2, 0.25) is 0 Å². The predicted molar refractivity (Wildman–Crippen MR) is 112 cm³/mol. The zero-order valence-electron chi connectivity index (χ0n) is 15.7. The SMILES string of the molecule is NC(=O)c1ccc(-c2cccc(OCCNC3Cc4ccccc4C3)c2)cc1. The minimum atomic E-state index is -0.415. The number of rotatable bonds is 7. The molecule has 4 heteroatoms. The zero-order chi connectivity index (χ0) is 19.3. The first-order valence-corrected chi connectivity index (χ1v) is 9.62. The molecule has 0 spiro atoms. The third-order valence-corrected chi connectivity index (χ3v) is 5.19. The van der Waals surface area contributed by atoms with Crippen molar-refractivity contribution in [1.82, 2.24) is 5.32 Å². The Kier molecular flexibility index (Phi) is 5.40. The fraction of sp³-hybridized carbons (Fsp3) is 0.208. The number of nitrogens with one attached hydrogen (secondary N) is 1. The number of nitrogens with two attached hydrogens (primary N) is 1. The number of ether oxygens (including phenoxy) is 1. The van der Waals surface area contributed by atoms with Gasteiger partial charge in [0.05, 0.1) is 0 Å². The van der Waals surface area contributed by atoms with Crippen molar-refractivity contribution in [2.24, 2.45) is 5.73 Å². The second-order valence-corrected chi connectivity index (χ2v) is 7.15. The van der Waals surface area contributed by atoms with Crippen molar-refractivity contribution in [3.8, 4) is 16.9 Å². The third kappa shape index (κ3) is 4.24. The molecule has 0 bridgehead atoms. The molecule has 3 aromatic rings. The van der Waals surface area contributed by atoms with Gasteiger partial charge < -0.3 is 15.8 Å². The van der Waals surface area contributed by atoms with Crippen molar-refractivity contribution < 1.29 is 9.53 Å². The summed E-state index contributed by atoms with van der Waals surface area (Å²) in [5.74, 6) is 0.425. The lowest BCUT2D eigenvalue weighted by molar-refractivity contribution is 0.100. The van der Waals surface area contributed by atoms with Gasteiger partial charge in [0.1, 0.15) is 12.4 Å². The number of carbonyl (C=O) groups is 1. The molecule has 1 amide bonds. The smallest absolute Gasteiger partial charge is 0.248 e. The quantitative estimate of drug-likeness (QED) is 0.623. The molecule has 0 saturated carbocycles. The Morgan fingerprint density at radius 3 is 2.32 bits per heavy atom. The summed E-state index contributed by atoms with van der Waals surface area (Å²) in [6.07, 6.45) is 2.18. The van der Waals surface area contributed by atoms with Gasteiger partial charge in [0.25, 0.3) is 0 Å². The van der Waals surface area contributed by atoms with Crippen LogP contribution in [0, 0.1) is 0 Å². The van der Waals surface area contributed by atoms with Crippen LogP contribution >= 0.6 is 0 Å². The Hall–Kier alpha value is -3.11. The number of primary amides is 1. The summed E-state index contributed by atoms with van der Waals surface area (Å²) < 4.78 is 5.93. The van der Waals surface area contributed by atoms with Gasteiger partial charge in [-0.05, 0) is 59.4 Å². The maximum Gasteiger partial charge on any atom is 0.248 e. The van der Waals surface area contributed by atoms with Crippen LogP contribution in [0.15, 0.2) is 72.8 Å². The average Bonchev–Trinajstić information content (AvgIpc) is 3.14. The Balaban J connectivity index is 1.29. The number of hydrogen-bond acceptors (Lipinski definition) is 3. The maximum atomic E-state index is 11.2. The average molecular weight is 372 g/mol. The molecule has 0 heterocycles. The van der Waals surface area contributed by atoms with Crippen molar-refractivity contribution in [2.75, 3.05) is 13.2 Å². The molecule has 1 aliphatic rings. The standard InChI is InChI=1S/C24H24N2O2/c25-24(27)18-10-8-17(9-11-18)21-6-3-7-23(16-21)28-13-12-26-22-14-19-4-1-2-5-20(19)15-22/h1-11,16,22,26H,12-15H2,(H2,25,27). The van der Waals surface area contributed by atoms with E-state index in [0.29, 0.717) is 18.2 Å². The molecule has 28 heavy (non-hydrogen) atoms. The summed E-state index contributed by atoms with van der Waals surface area (Å²) in [6, 6.07) is 24.4. The van der Waals surface area contributed by atoms with Gasteiger partial charge in [-0.3, -0.25) is 4.79 Å². The lowest BCUT2D eigenvalue weighted by atomic mass is 10.0. The van der Waals surface area contributed by atoms with E-state index >= 15 is 0 Å². The Bertz CT molecular complexity index is 941. The van der Waals surface area contributed by atoms with Crippen LogP contribution in [0.4, 0.5) is 0 Å². The summed E-state index contributed by atoms with van der Waals surface area (Å²) in [6.45, 7) is 1.44. The number of fused-ring (bicyclic) bond motifs is 1. The molecule has 0 unspecified atom stereocenters.